The van der Waals surface area contributed by atoms with E-state index < -0.39 is 11.9 Å². The summed E-state index contributed by atoms with van der Waals surface area (Å²) in [7, 11) is 1.93. The van der Waals surface area contributed by atoms with Crippen molar-refractivity contribution in [2.75, 3.05) is 54.4 Å². The molecule has 73 heavy (non-hydrogen) atoms. The molecule has 1 saturated carbocycles. The van der Waals surface area contributed by atoms with Gasteiger partial charge in [0, 0.05) is 75.3 Å². The number of piperazine rings is 1. The van der Waals surface area contributed by atoms with Crippen molar-refractivity contribution in [1.29, 1.82) is 0 Å². The second kappa shape index (κ2) is 20.4. The molecule has 11 rings (SSSR count). The highest BCUT2D eigenvalue weighted by Gasteiger charge is 2.34. The van der Waals surface area contributed by atoms with Crippen molar-refractivity contribution in [2.45, 2.75) is 89.5 Å². The average molecular weight is 1000 g/mol. The van der Waals surface area contributed by atoms with Gasteiger partial charge >= 0.3 is 5.97 Å². The van der Waals surface area contributed by atoms with Gasteiger partial charge in [0.25, 0.3) is 5.91 Å². The predicted octanol–water partition coefficient (Wildman–Crippen LogP) is 8.50. The van der Waals surface area contributed by atoms with Crippen molar-refractivity contribution in [1.82, 2.24) is 30.0 Å². The molecule has 4 aliphatic rings. The number of piperidine rings is 1. The zero-order chi connectivity index (χ0) is 50.3. The molecule has 4 aromatic carbocycles. The molecule has 7 aromatic rings. The first-order valence-corrected chi connectivity index (χ1v) is 26.2. The highest BCUT2D eigenvalue weighted by atomic mass is 32.1. The molecule has 2 atom stereocenters. The number of nitrogens with zero attached hydrogens (tertiary/aromatic N) is 7. The van der Waals surface area contributed by atoms with Gasteiger partial charge < -0.3 is 24.4 Å². The maximum Gasteiger partial charge on any atom is 0.355 e. The third-order valence-corrected chi connectivity index (χ3v) is 16.2. The van der Waals surface area contributed by atoms with Crippen LogP contribution in [0.3, 0.4) is 0 Å². The van der Waals surface area contributed by atoms with Gasteiger partial charge in [-0.25, -0.2) is 14.8 Å². The Morgan fingerprint density at radius 1 is 0.836 bits per heavy atom. The van der Waals surface area contributed by atoms with E-state index in [1.54, 1.807) is 0 Å². The number of amides is 3. The number of imide groups is 1. The fraction of sp³-hybridized carbons (Fsp3) is 0.375. The minimum absolute atomic E-state index is 0.0119. The predicted molar refractivity (Wildman–Crippen MR) is 282 cm³/mol. The lowest BCUT2D eigenvalue weighted by Crippen LogP contribution is -2.51. The van der Waals surface area contributed by atoms with E-state index in [4.69, 9.17) is 19.6 Å². The minimum Gasteiger partial charge on any atom is -0.490 e. The average Bonchev–Trinajstić information content (AvgIpc) is 3.98. The molecule has 2 saturated heterocycles. The molecule has 3 aromatic heterocycles. The second-order valence-electron chi connectivity index (χ2n) is 19.8. The number of rotatable bonds is 13. The summed E-state index contributed by atoms with van der Waals surface area (Å²) < 4.78 is 16.1. The van der Waals surface area contributed by atoms with Gasteiger partial charge in [-0.05, 0) is 117 Å². The zero-order valence-corrected chi connectivity index (χ0v) is 42.1. The van der Waals surface area contributed by atoms with Gasteiger partial charge in [0.1, 0.15) is 11.6 Å². The van der Waals surface area contributed by atoms with Crippen LogP contribution in [0.15, 0.2) is 91.0 Å². The summed E-state index contributed by atoms with van der Waals surface area (Å²) in [5.74, 6) is -1.02. The first-order valence-electron chi connectivity index (χ1n) is 25.4. The maximum absolute atomic E-state index is 13.7. The molecule has 0 spiro atoms. The Labute approximate surface area is 427 Å². The van der Waals surface area contributed by atoms with Gasteiger partial charge in [-0.2, -0.15) is 5.10 Å². The van der Waals surface area contributed by atoms with Gasteiger partial charge in [0.15, 0.2) is 10.8 Å². The van der Waals surface area contributed by atoms with E-state index in [2.05, 4.69) is 38.4 Å². The molecule has 0 unspecified atom stereocenters. The lowest BCUT2D eigenvalue weighted by atomic mass is 9.92. The summed E-state index contributed by atoms with van der Waals surface area (Å²) >= 11 is 1.43. The maximum atomic E-state index is 13.7. The number of hydrogen-bond acceptors (Lipinski definition) is 13. The van der Waals surface area contributed by atoms with E-state index in [-0.39, 0.29) is 41.7 Å². The molecule has 1 aliphatic carbocycles. The van der Waals surface area contributed by atoms with Gasteiger partial charge in [0.2, 0.25) is 11.8 Å². The van der Waals surface area contributed by atoms with Crippen LogP contribution in [0.2, 0.25) is 0 Å². The highest BCUT2D eigenvalue weighted by molar-refractivity contribution is 7.22. The number of carboxylic acid groups (broad SMARTS) is 1. The Morgan fingerprint density at radius 3 is 2.41 bits per heavy atom. The molecule has 0 bridgehead atoms. The number of ether oxygens (including phenoxy) is 2. The lowest BCUT2D eigenvalue weighted by Gasteiger charge is -2.40. The number of carboxylic acids is 1. The SMILES string of the molecule is Cc1c(OC2CCC(OC[C@@H](C)N3CCN(c4cccc5c([C@H]6CCC(=O)NC6=O)nn(C)c45)CC3)CC2)cccc1-c1ccc(N2CCc3cccc(C(=O)Nc4nc5ccccc5s4)c3C2)nc1C(=O)O. The Kier molecular flexibility index (Phi) is 13.4. The summed E-state index contributed by atoms with van der Waals surface area (Å²) in [6.07, 6.45) is 5.13. The summed E-state index contributed by atoms with van der Waals surface area (Å²) in [5.41, 5.74) is 8.30. The molecular weight excluding hydrogens is 943 g/mol. The van der Waals surface area contributed by atoms with Crippen molar-refractivity contribution in [3.63, 3.8) is 0 Å². The van der Waals surface area contributed by atoms with Crippen LogP contribution in [0.25, 0.3) is 32.2 Å². The first-order chi connectivity index (χ1) is 35.4. The van der Waals surface area contributed by atoms with Crippen LogP contribution < -0.4 is 25.2 Å². The van der Waals surface area contributed by atoms with E-state index in [9.17, 15) is 24.3 Å². The van der Waals surface area contributed by atoms with Crippen LogP contribution in [-0.4, -0.2) is 111 Å². The van der Waals surface area contributed by atoms with Crippen LogP contribution in [0.4, 0.5) is 16.6 Å². The lowest BCUT2D eigenvalue weighted by molar-refractivity contribution is -0.134. The molecule has 6 heterocycles. The summed E-state index contributed by atoms with van der Waals surface area (Å²) in [5, 5.41) is 22.3. The second-order valence-corrected chi connectivity index (χ2v) is 20.8. The number of aryl methyl sites for hydroxylation is 1. The van der Waals surface area contributed by atoms with Crippen molar-refractivity contribution < 1.29 is 33.8 Å². The number of aromatic carboxylic acids is 1. The molecule has 3 N–H and O–H groups in total. The number of fused-ring (bicyclic) bond motifs is 3. The van der Waals surface area contributed by atoms with E-state index in [0.29, 0.717) is 61.0 Å². The van der Waals surface area contributed by atoms with Crippen LogP contribution in [-0.2, 0) is 34.3 Å². The van der Waals surface area contributed by atoms with Crippen molar-refractivity contribution in [3.05, 3.63) is 125 Å². The molecule has 16 nitrogen and oxygen atoms in total. The first kappa shape index (κ1) is 48.1. The van der Waals surface area contributed by atoms with Crippen molar-refractivity contribution in [3.8, 4) is 16.9 Å². The third-order valence-electron chi connectivity index (χ3n) is 15.2. The summed E-state index contributed by atoms with van der Waals surface area (Å²) in [6, 6.07) is 29.5. The molecule has 0 radical (unpaired) electrons. The molecule has 376 valence electrons. The number of hydrogen-bond donors (Lipinski definition) is 3. The number of carbonyl (C=O) groups is 4. The standard InChI is InChI=1S/C56H59N9O7S/c1-33(63-27-29-64(30-28-63)45-14-7-12-41-50(61-62(3)52(41)45)42-22-24-49(66)59-54(42)68)32-71-36-17-19-37(20-18-36)72-46-15-8-10-38(34(46)2)39-21-23-48(58-51(39)55(69)70)65-26-25-35-9-6-11-40(43(35)31-65)53(67)60-56-57-44-13-4-5-16-47(44)73-56/h4-16,21,23,33,36-37,42H,17-20,22,24-32H2,1-3H3,(H,69,70)(H,57,60,67)(H,59,66,68)/t33-,36?,37?,42-/m1/s1. The number of thiazole rings is 1. The van der Waals surface area contributed by atoms with Gasteiger partial charge in [-0.15, -0.1) is 0 Å². The van der Waals surface area contributed by atoms with Crippen molar-refractivity contribution in [2.24, 2.45) is 7.05 Å². The number of carbonyl (C=O) groups excluding carboxylic acids is 3. The Hall–Kier alpha value is -7.21. The van der Waals surface area contributed by atoms with Gasteiger partial charge in [0.05, 0.1) is 51.8 Å². The van der Waals surface area contributed by atoms with Crippen LogP contribution in [0.5, 0.6) is 5.75 Å². The molecule has 3 amide bonds. The van der Waals surface area contributed by atoms with Gasteiger partial charge in [-0.1, -0.05) is 59.9 Å². The van der Waals surface area contributed by atoms with E-state index in [0.717, 1.165) is 112 Å². The summed E-state index contributed by atoms with van der Waals surface area (Å²) in [6.45, 7) is 9.40. The fourth-order valence-corrected chi connectivity index (χ4v) is 12.1. The number of para-hydroxylation sites is 2. The van der Waals surface area contributed by atoms with Gasteiger partial charge in [-0.3, -0.25) is 34.6 Å². The van der Waals surface area contributed by atoms with Crippen molar-refractivity contribution >= 4 is 72.8 Å². The fourth-order valence-electron chi connectivity index (χ4n) is 11.2. The number of aromatic nitrogens is 4. The smallest absolute Gasteiger partial charge is 0.355 e. The monoisotopic (exact) mass is 1000 g/mol. The largest absolute Gasteiger partial charge is 0.490 e. The van der Waals surface area contributed by atoms with E-state index in [1.165, 1.54) is 11.3 Å². The van der Waals surface area contributed by atoms with Crippen LogP contribution >= 0.6 is 11.3 Å². The highest BCUT2D eigenvalue weighted by Crippen LogP contribution is 2.38. The normalized spacial score (nSPS) is 20.0. The van der Waals surface area contributed by atoms with Crippen LogP contribution in [0.1, 0.15) is 94.6 Å². The Morgan fingerprint density at radius 2 is 1.62 bits per heavy atom. The number of nitrogens with one attached hydrogen (secondary N) is 2. The topological polar surface area (TPSA) is 184 Å². The zero-order valence-electron chi connectivity index (χ0n) is 41.3. The van der Waals surface area contributed by atoms with E-state index in [1.807, 2.05) is 108 Å². The quantitative estimate of drug-likeness (QED) is 0.0936. The Balaban J connectivity index is 0.680. The Bertz CT molecular complexity index is 3230. The van der Waals surface area contributed by atoms with Crippen LogP contribution in [0, 0.1) is 6.92 Å². The molecule has 17 heteroatoms. The third kappa shape index (κ3) is 9.76. The molecule has 3 aliphatic heterocycles. The molecular formula is C56H59N9O7S. The molecule has 3 fully saturated rings. The summed E-state index contributed by atoms with van der Waals surface area (Å²) in [4.78, 5) is 67.4. The van der Waals surface area contributed by atoms with E-state index >= 15 is 0 Å². The minimum atomic E-state index is -1.12. The number of benzene rings is 4. The number of anilines is 3. The number of pyridine rings is 1.